The van der Waals surface area contributed by atoms with E-state index in [2.05, 4.69) is 6.92 Å². The van der Waals surface area contributed by atoms with Crippen molar-refractivity contribution in [2.75, 3.05) is 158 Å². The maximum atomic E-state index is 12.0. The van der Waals surface area contributed by atoms with Crippen LogP contribution in [0.4, 0.5) is 0 Å². The molecule has 300 valence electrons. The lowest BCUT2D eigenvalue weighted by Crippen LogP contribution is -2.20. The van der Waals surface area contributed by atoms with Gasteiger partial charge in [-0.2, -0.15) is 0 Å². The van der Waals surface area contributed by atoms with Gasteiger partial charge in [0.05, 0.1) is 145 Å². The number of ether oxygens (including phenoxy) is 12. The van der Waals surface area contributed by atoms with Gasteiger partial charge in [-0.15, -0.1) is 11.6 Å². The van der Waals surface area contributed by atoms with Crippen molar-refractivity contribution in [3.05, 3.63) is 0 Å². The Balaban J connectivity index is 3.13. The monoisotopic (exact) mass is 746 g/mol. The van der Waals surface area contributed by atoms with E-state index in [1.54, 1.807) is 0 Å². The molecule has 13 nitrogen and oxygen atoms in total. The van der Waals surface area contributed by atoms with Crippen molar-refractivity contribution in [1.29, 1.82) is 0 Å². The molecule has 0 spiro atoms. The van der Waals surface area contributed by atoms with Crippen LogP contribution in [0.15, 0.2) is 0 Å². The van der Waals surface area contributed by atoms with Crippen molar-refractivity contribution in [2.45, 2.75) is 65.2 Å². The molecular weight excluding hydrogens is 676 g/mol. The number of unbranched alkanes of at least 4 members (excludes halogenated alkanes) is 4. The molecular formula is C36H71ClO13. The molecule has 1 unspecified atom stereocenters. The molecule has 14 heteroatoms. The Kier molecular flexibility index (Phi) is 43.9. The summed E-state index contributed by atoms with van der Waals surface area (Å²) >= 11 is 5.66. The van der Waals surface area contributed by atoms with Gasteiger partial charge in [0, 0.05) is 12.5 Å². The van der Waals surface area contributed by atoms with Gasteiger partial charge < -0.3 is 56.8 Å². The highest BCUT2D eigenvalue weighted by molar-refractivity contribution is 6.17. The highest BCUT2D eigenvalue weighted by Gasteiger charge is 2.16. The van der Waals surface area contributed by atoms with Gasteiger partial charge in [-0.05, 0) is 25.7 Å². The average molecular weight is 747 g/mol. The highest BCUT2D eigenvalue weighted by Crippen LogP contribution is 2.14. The first-order chi connectivity index (χ1) is 24.8. The Hall–Kier alpha value is -0.680. The summed E-state index contributed by atoms with van der Waals surface area (Å²) in [6, 6.07) is 0. The second kappa shape index (κ2) is 44.5. The number of halogens is 1. The minimum absolute atomic E-state index is 0.00381. The molecule has 0 amide bonds. The first-order valence-corrected chi connectivity index (χ1v) is 19.4. The molecule has 0 aromatic rings. The first kappa shape index (κ1) is 49.3. The fourth-order valence-electron chi connectivity index (χ4n) is 4.21. The van der Waals surface area contributed by atoms with E-state index in [1.165, 1.54) is 12.8 Å². The molecule has 0 saturated carbocycles. The van der Waals surface area contributed by atoms with Gasteiger partial charge in [0.1, 0.15) is 6.61 Å². The van der Waals surface area contributed by atoms with Gasteiger partial charge >= 0.3 is 5.97 Å². The van der Waals surface area contributed by atoms with Crippen molar-refractivity contribution in [3.8, 4) is 0 Å². The summed E-state index contributed by atoms with van der Waals surface area (Å²) in [5, 5.41) is 0. The second-order valence-electron chi connectivity index (χ2n) is 11.3. The van der Waals surface area contributed by atoms with Crippen LogP contribution in [0.5, 0.6) is 0 Å². The standard InChI is InChI=1S/C36H71ClO13/c1-3-5-10-35(4-2)36(38)50-34-33-49-32-31-48-30-29-47-28-27-46-26-25-45-24-23-44-22-21-43-20-19-42-18-17-41-16-15-40-14-13-39-12-9-7-6-8-11-37/h35H,3-34H2,1-2H3. The smallest absolute Gasteiger partial charge is 0.308 e. The lowest BCUT2D eigenvalue weighted by Gasteiger charge is -2.13. The predicted octanol–water partition coefficient (Wildman–Crippen LogP) is 4.73. The molecule has 0 aromatic carbocycles. The van der Waals surface area contributed by atoms with E-state index in [1.807, 2.05) is 6.92 Å². The summed E-state index contributed by atoms with van der Waals surface area (Å²) in [6.45, 7) is 15.8. The molecule has 0 rings (SSSR count). The quantitative estimate of drug-likeness (QED) is 0.0485. The molecule has 0 bridgehead atoms. The van der Waals surface area contributed by atoms with Crippen molar-refractivity contribution in [3.63, 3.8) is 0 Å². The number of carbonyl (C=O) groups excluding carboxylic acids is 1. The molecule has 0 radical (unpaired) electrons. The second-order valence-corrected chi connectivity index (χ2v) is 11.6. The van der Waals surface area contributed by atoms with Crippen LogP contribution in [-0.4, -0.2) is 164 Å². The SMILES string of the molecule is CCCCC(CC)C(=O)OCCOCCOCCOCCOCCOCCOCCOCCOCCOCCOCCOCCCCCCCl. The average Bonchev–Trinajstić information content (AvgIpc) is 3.13. The first-order valence-electron chi connectivity index (χ1n) is 18.8. The Labute approximate surface area is 307 Å². The maximum Gasteiger partial charge on any atom is 0.308 e. The van der Waals surface area contributed by atoms with Crippen LogP contribution in [0.25, 0.3) is 0 Å². The molecule has 0 saturated heterocycles. The minimum atomic E-state index is -0.120. The van der Waals surface area contributed by atoms with E-state index < -0.39 is 0 Å². The zero-order valence-corrected chi connectivity index (χ0v) is 32.1. The van der Waals surface area contributed by atoms with E-state index in [0.29, 0.717) is 139 Å². The van der Waals surface area contributed by atoms with Crippen LogP contribution in [0.3, 0.4) is 0 Å². The number of rotatable bonds is 44. The molecule has 50 heavy (non-hydrogen) atoms. The summed E-state index contributed by atoms with van der Waals surface area (Å²) in [5.41, 5.74) is 0. The number of alkyl halides is 1. The van der Waals surface area contributed by atoms with Crippen LogP contribution >= 0.6 is 11.6 Å². The minimum Gasteiger partial charge on any atom is -0.463 e. The lowest BCUT2D eigenvalue weighted by molar-refractivity contribution is -0.150. The predicted molar refractivity (Wildman–Crippen MR) is 192 cm³/mol. The van der Waals surface area contributed by atoms with Crippen molar-refractivity contribution in [1.82, 2.24) is 0 Å². The Morgan fingerprint density at radius 3 is 1.00 bits per heavy atom. The third-order valence-corrected chi connectivity index (χ3v) is 7.36. The molecule has 0 aliphatic carbocycles. The summed E-state index contributed by atoms with van der Waals surface area (Å²) in [7, 11) is 0. The highest BCUT2D eigenvalue weighted by atomic mass is 35.5. The van der Waals surface area contributed by atoms with Gasteiger partial charge in [-0.3, -0.25) is 4.79 Å². The summed E-state index contributed by atoms with van der Waals surface area (Å²) in [5.74, 6) is 0.618. The molecule has 0 N–H and O–H groups in total. The van der Waals surface area contributed by atoms with Gasteiger partial charge in [-0.1, -0.05) is 39.5 Å². The molecule has 0 aliphatic heterocycles. The van der Waals surface area contributed by atoms with E-state index in [4.69, 9.17) is 68.4 Å². The van der Waals surface area contributed by atoms with Gasteiger partial charge in [0.25, 0.3) is 0 Å². The normalized spacial score (nSPS) is 12.1. The zero-order chi connectivity index (χ0) is 36.3. The molecule has 0 fully saturated rings. The van der Waals surface area contributed by atoms with Crippen LogP contribution < -0.4 is 0 Å². The Bertz CT molecular complexity index is 651. The number of hydrogen-bond acceptors (Lipinski definition) is 13. The zero-order valence-electron chi connectivity index (χ0n) is 31.4. The van der Waals surface area contributed by atoms with Gasteiger partial charge in [0.15, 0.2) is 0 Å². The van der Waals surface area contributed by atoms with Crippen molar-refractivity contribution < 1.29 is 61.6 Å². The van der Waals surface area contributed by atoms with Crippen molar-refractivity contribution >= 4 is 17.6 Å². The van der Waals surface area contributed by atoms with Gasteiger partial charge in [0.2, 0.25) is 0 Å². The van der Waals surface area contributed by atoms with Crippen LogP contribution in [0.2, 0.25) is 0 Å². The maximum absolute atomic E-state index is 12.0. The third-order valence-electron chi connectivity index (χ3n) is 7.10. The summed E-state index contributed by atoms with van der Waals surface area (Å²) in [4.78, 5) is 12.0. The largest absolute Gasteiger partial charge is 0.463 e. The molecule has 0 aliphatic rings. The Morgan fingerprint density at radius 1 is 0.400 bits per heavy atom. The summed E-state index contributed by atoms with van der Waals surface area (Å²) in [6.07, 6.45) is 8.32. The van der Waals surface area contributed by atoms with Crippen LogP contribution in [0.1, 0.15) is 65.2 Å². The molecule has 0 heterocycles. The fourth-order valence-corrected chi connectivity index (χ4v) is 4.40. The third kappa shape index (κ3) is 40.1. The topological polar surface area (TPSA) is 128 Å². The van der Waals surface area contributed by atoms with Crippen molar-refractivity contribution in [2.24, 2.45) is 5.92 Å². The molecule has 0 aromatic heterocycles. The van der Waals surface area contributed by atoms with E-state index >= 15 is 0 Å². The van der Waals surface area contributed by atoms with E-state index in [9.17, 15) is 4.79 Å². The van der Waals surface area contributed by atoms with E-state index in [0.717, 1.165) is 51.0 Å². The number of hydrogen-bond donors (Lipinski definition) is 0. The number of carbonyl (C=O) groups is 1. The van der Waals surface area contributed by atoms with E-state index in [-0.39, 0.29) is 18.5 Å². The van der Waals surface area contributed by atoms with Gasteiger partial charge in [-0.25, -0.2) is 0 Å². The fraction of sp³-hybridized carbons (Fsp3) is 0.972. The van der Waals surface area contributed by atoms with Crippen LogP contribution in [0, 0.1) is 5.92 Å². The lowest BCUT2D eigenvalue weighted by atomic mass is 10.00. The van der Waals surface area contributed by atoms with Crippen LogP contribution in [-0.2, 0) is 61.6 Å². The number of esters is 1. The molecule has 1 atom stereocenters. The Morgan fingerprint density at radius 2 is 0.700 bits per heavy atom. The summed E-state index contributed by atoms with van der Waals surface area (Å²) < 4.78 is 65.7.